The smallest absolute Gasteiger partial charge is 0.271 e. The molecule has 1 spiro atoms. The van der Waals surface area contributed by atoms with Crippen molar-refractivity contribution in [3.63, 3.8) is 0 Å². The van der Waals surface area contributed by atoms with E-state index in [9.17, 15) is 14.4 Å². The van der Waals surface area contributed by atoms with Crippen molar-refractivity contribution >= 4 is 23.4 Å². The van der Waals surface area contributed by atoms with Gasteiger partial charge in [-0.2, -0.15) is 0 Å². The van der Waals surface area contributed by atoms with Gasteiger partial charge in [-0.05, 0) is 77.1 Å². The highest BCUT2D eigenvalue weighted by atomic mass is 16.5. The van der Waals surface area contributed by atoms with E-state index in [0.717, 1.165) is 37.9 Å². The van der Waals surface area contributed by atoms with Crippen molar-refractivity contribution in [2.75, 3.05) is 31.1 Å². The zero-order valence-electron chi connectivity index (χ0n) is 20.9. The van der Waals surface area contributed by atoms with Crippen LogP contribution in [-0.4, -0.2) is 66.5 Å². The third kappa shape index (κ3) is 4.52. The third-order valence-corrected chi connectivity index (χ3v) is 7.36. The minimum absolute atomic E-state index is 0.0142. The van der Waals surface area contributed by atoms with Gasteiger partial charge in [-0.25, -0.2) is 0 Å². The molecule has 0 bridgehead atoms. The summed E-state index contributed by atoms with van der Waals surface area (Å²) in [5.74, 6) is 0.509. The average Bonchev–Trinajstić information content (AvgIpc) is 2.79. The van der Waals surface area contributed by atoms with Crippen LogP contribution in [0.2, 0.25) is 0 Å². The molecule has 1 saturated heterocycles. The van der Waals surface area contributed by atoms with Gasteiger partial charge >= 0.3 is 0 Å². The third-order valence-electron chi connectivity index (χ3n) is 7.36. The van der Waals surface area contributed by atoms with Crippen molar-refractivity contribution in [2.45, 2.75) is 83.9 Å². The molecule has 186 valence electrons. The molecule has 1 aromatic carbocycles. The van der Waals surface area contributed by atoms with E-state index < -0.39 is 5.60 Å². The summed E-state index contributed by atoms with van der Waals surface area (Å²) in [5.41, 5.74) is 1.26. The van der Waals surface area contributed by atoms with Gasteiger partial charge in [-0.3, -0.25) is 14.4 Å². The molecule has 2 heterocycles. The largest absolute Gasteiger partial charge is 0.475 e. The van der Waals surface area contributed by atoms with Crippen LogP contribution < -0.4 is 20.3 Å². The van der Waals surface area contributed by atoms with Crippen LogP contribution in [-0.2, 0) is 9.59 Å². The Balaban J connectivity index is 1.67. The number of rotatable bonds is 7. The van der Waals surface area contributed by atoms with Gasteiger partial charge in [0.2, 0.25) is 5.91 Å². The molecular weight excluding hydrogens is 432 g/mol. The summed E-state index contributed by atoms with van der Waals surface area (Å²) in [7, 11) is 0. The molecule has 0 unspecified atom stereocenters. The minimum atomic E-state index is -0.808. The Morgan fingerprint density at radius 2 is 2.06 bits per heavy atom. The summed E-state index contributed by atoms with van der Waals surface area (Å²) in [6.07, 6.45) is 4.77. The lowest BCUT2D eigenvalue weighted by molar-refractivity contribution is -0.143. The molecular formula is C26H38N4O4. The van der Waals surface area contributed by atoms with Crippen LogP contribution in [0.4, 0.5) is 5.69 Å². The molecule has 3 amide bonds. The maximum Gasteiger partial charge on any atom is 0.271 e. The van der Waals surface area contributed by atoms with Gasteiger partial charge in [0.15, 0.2) is 5.60 Å². The number of hydrogen-bond donors (Lipinski definition) is 2. The zero-order valence-corrected chi connectivity index (χ0v) is 20.9. The molecule has 8 heteroatoms. The van der Waals surface area contributed by atoms with Crippen molar-refractivity contribution in [3.8, 4) is 5.75 Å². The van der Waals surface area contributed by atoms with Crippen molar-refractivity contribution in [2.24, 2.45) is 0 Å². The van der Waals surface area contributed by atoms with E-state index in [0.29, 0.717) is 49.4 Å². The molecule has 2 aliphatic heterocycles. The summed E-state index contributed by atoms with van der Waals surface area (Å²) in [5, 5.41) is 6.28. The molecule has 0 radical (unpaired) electrons. The van der Waals surface area contributed by atoms with Crippen LogP contribution in [0, 0.1) is 6.92 Å². The number of ether oxygens (including phenoxy) is 1. The second kappa shape index (κ2) is 9.94. The predicted molar refractivity (Wildman–Crippen MR) is 131 cm³/mol. The van der Waals surface area contributed by atoms with Crippen molar-refractivity contribution < 1.29 is 19.1 Å². The molecule has 2 N–H and O–H groups in total. The van der Waals surface area contributed by atoms with Gasteiger partial charge in [0, 0.05) is 43.7 Å². The van der Waals surface area contributed by atoms with Crippen molar-refractivity contribution in [3.05, 3.63) is 23.3 Å². The molecule has 1 aliphatic carbocycles. The number of nitrogens with zero attached hydrogens (tertiary/aromatic N) is 2. The minimum Gasteiger partial charge on any atom is -0.475 e. The monoisotopic (exact) mass is 470 g/mol. The summed E-state index contributed by atoms with van der Waals surface area (Å²) in [6, 6.07) is 3.94. The second-order valence-electron chi connectivity index (χ2n) is 10.1. The summed E-state index contributed by atoms with van der Waals surface area (Å²) in [4.78, 5) is 42.7. The molecule has 1 atom stereocenters. The fourth-order valence-corrected chi connectivity index (χ4v) is 5.30. The maximum atomic E-state index is 13.8. The molecule has 3 aliphatic rings. The highest BCUT2D eigenvalue weighted by Crippen LogP contribution is 2.47. The van der Waals surface area contributed by atoms with Gasteiger partial charge in [-0.15, -0.1) is 0 Å². The SMILES string of the molecule is CCC(=O)NCCN1C(=O)C2(CCC2)Oc2cc(C)c(C(=O)N(C(C)C)[C@@H]3CCCNC3)cc21. The van der Waals surface area contributed by atoms with Crippen molar-refractivity contribution in [1.82, 2.24) is 15.5 Å². The Morgan fingerprint density at radius 1 is 1.29 bits per heavy atom. The van der Waals surface area contributed by atoms with Crippen LogP contribution in [0.15, 0.2) is 12.1 Å². The topological polar surface area (TPSA) is 91.0 Å². The Labute approximate surface area is 202 Å². The first-order chi connectivity index (χ1) is 16.3. The normalized spacial score (nSPS) is 21.0. The number of fused-ring (bicyclic) bond motifs is 1. The van der Waals surface area contributed by atoms with Crippen LogP contribution in [0.5, 0.6) is 5.75 Å². The van der Waals surface area contributed by atoms with Crippen LogP contribution >= 0.6 is 0 Å². The fourth-order valence-electron chi connectivity index (χ4n) is 5.30. The lowest BCUT2D eigenvalue weighted by atomic mass is 9.77. The number of nitrogens with one attached hydrogen (secondary N) is 2. The van der Waals surface area contributed by atoms with E-state index >= 15 is 0 Å². The van der Waals surface area contributed by atoms with Crippen LogP contribution in [0.3, 0.4) is 0 Å². The first-order valence-electron chi connectivity index (χ1n) is 12.7. The Hall–Kier alpha value is -2.61. The van der Waals surface area contributed by atoms with E-state index in [1.165, 1.54) is 0 Å². The fraction of sp³-hybridized carbons (Fsp3) is 0.654. The highest BCUT2D eigenvalue weighted by Gasteiger charge is 2.52. The predicted octanol–water partition coefficient (Wildman–Crippen LogP) is 2.77. The summed E-state index contributed by atoms with van der Waals surface area (Å²) >= 11 is 0. The van der Waals surface area contributed by atoms with Gasteiger partial charge < -0.3 is 25.2 Å². The number of piperidine rings is 1. The Bertz CT molecular complexity index is 950. The van der Waals surface area contributed by atoms with Gasteiger partial charge in [0.05, 0.1) is 5.69 Å². The molecule has 4 rings (SSSR count). The summed E-state index contributed by atoms with van der Waals surface area (Å²) < 4.78 is 6.27. The number of aryl methyl sites for hydroxylation is 1. The van der Waals surface area contributed by atoms with Gasteiger partial charge in [0.25, 0.3) is 11.8 Å². The van der Waals surface area contributed by atoms with Crippen LogP contribution in [0.25, 0.3) is 0 Å². The maximum absolute atomic E-state index is 13.8. The highest BCUT2D eigenvalue weighted by molar-refractivity contribution is 6.05. The lowest BCUT2D eigenvalue weighted by Gasteiger charge is -2.47. The lowest BCUT2D eigenvalue weighted by Crippen LogP contribution is -2.61. The van der Waals surface area contributed by atoms with E-state index in [1.54, 1.807) is 11.8 Å². The molecule has 34 heavy (non-hydrogen) atoms. The second-order valence-corrected chi connectivity index (χ2v) is 10.1. The number of benzene rings is 1. The molecule has 1 saturated carbocycles. The van der Waals surface area contributed by atoms with Gasteiger partial charge in [-0.1, -0.05) is 6.92 Å². The number of anilines is 1. The van der Waals surface area contributed by atoms with Crippen molar-refractivity contribution in [1.29, 1.82) is 0 Å². The number of carbonyl (C=O) groups is 3. The first-order valence-corrected chi connectivity index (χ1v) is 12.7. The summed E-state index contributed by atoms with van der Waals surface area (Å²) in [6.45, 7) is 10.3. The van der Waals surface area contributed by atoms with E-state index in [1.807, 2.05) is 24.0 Å². The number of carbonyl (C=O) groups excluding carboxylic acids is 3. The average molecular weight is 471 g/mol. The Morgan fingerprint density at radius 3 is 2.65 bits per heavy atom. The quantitative estimate of drug-likeness (QED) is 0.640. The molecule has 1 aromatic rings. The Kier molecular flexibility index (Phi) is 7.17. The molecule has 0 aromatic heterocycles. The number of amides is 3. The molecule has 2 fully saturated rings. The zero-order chi connectivity index (χ0) is 24.5. The standard InChI is InChI=1S/C26H38N4O4/c1-5-23(31)28-12-13-29-21-15-20(24(32)30(17(2)3)19-8-6-11-27-16-19)18(4)14-22(21)34-26(25(29)33)9-7-10-26/h14-15,17,19,27H,5-13,16H2,1-4H3,(H,28,31)/t19-/m1/s1. The van der Waals surface area contributed by atoms with E-state index in [4.69, 9.17) is 4.74 Å². The number of hydrogen-bond acceptors (Lipinski definition) is 5. The first kappa shape index (κ1) is 24.5. The molecule has 8 nitrogen and oxygen atoms in total. The van der Waals surface area contributed by atoms with E-state index in [2.05, 4.69) is 24.5 Å². The van der Waals surface area contributed by atoms with Gasteiger partial charge in [0.1, 0.15) is 5.75 Å². The van der Waals surface area contributed by atoms with E-state index in [-0.39, 0.29) is 29.8 Å². The van der Waals surface area contributed by atoms with Crippen LogP contribution in [0.1, 0.15) is 75.2 Å².